The molecule has 18 heavy (non-hydrogen) atoms. The third kappa shape index (κ3) is 9.26. The monoisotopic (exact) mass is 254 g/mol. The van der Waals surface area contributed by atoms with Gasteiger partial charge in [-0.25, -0.2) is 0 Å². The first-order valence-electron chi connectivity index (χ1n) is 7.42. The van der Waals surface area contributed by atoms with Crippen LogP contribution in [-0.4, -0.2) is 11.1 Å². The van der Waals surface area contributed by atoms with Crippen molar-refractivity contribution in [3.8, 4) is 0 Å². The lowest BCUT2D eigenvalue weighted by Gasteiger charge is -2.12. The van der Waals surface area contributed by atoms with E-state index >= 15 is 0 Å². The minimum Gasteiger partial charge on any atom is -0.481 e. The van der Waals surface area contributed by atoms with Crippen molar-refractivity contribution in [3.63, 3.8) is 0 Å². The van der Waals surface area contributed by atoms with Gasteiger partial charge in [0, 0.05) is 0 Å². The molecule has 0 saturated heterocycles. The second-order valence-electron chi connectivity index (χ2n) is 5.69. The maximum Gasteiger partial charge on any atom is 0.312 e. The summed E-state index contributed by atoms with van der Waals surface area (Å²) in [6.07, 6.45) is 15.4. The molecule has 0 saturated carbocycles. The first-order chi connectivity index (χ1) is 8.50. The average Bonchev–Trinajstić information content (AvgIpc) is 2.31. The van der Waals surface area contributed by atoms with Gasteiger partial charge in [-0.2, -0.15) is 0 Å². The molecule has 1 N–H and O–H groups in total. The van der Waals surface area contributed by atoms with E-state index < -0.39 is 11.4 Å². The predicted molar refractivity (Wildman–Crippen MR) is 77.8 cm³/mol. The summed E-state index contributed by atoms with van der Waals surface area (Å²) >= 11 is 0. The Morgan fingerprint density at radius 3 is 2.00 bits per heavy atom. The Kier molecular flexibility index (Phi) is 9.72. The molecular formula is C16H30O2. The number of unbranched alkanes of at least 4 members (excludes halogenated alkanes) is 8. The molecule has 106 valence electrons. The van der Waals surface area contributed by atoms with E-state index in [9.17, 15) is 4.79 Å². The number of aliphatic carboxylic acids is 1. The second kappa shape index (κ2) is 10.2. The van der Waals surface area contributed by atoms with Gasteiger partial charge < -0.3 is 5.11 Å². The van der Waals surface area contributed by atoms with Crippen LogP contribution in [0.5, 0.6) is 0 Å². The summed E-state index contributed by atoms with van der Waals surface area (Å²) in [7, 11) is 0. The Morgan fingerprint density at radius 2 is 1.50 bits per heavy atom. The molecule has 0 atom stereocenters. The highest BCUT2D eigenvalue weighted by Gasteiger charge is 2.22. The Bertz CT molecular complexity index is 241. The Morgan fingerprint density at radius 1 is 1.00 bits per heavy atom. The van der Waals surface area contributed by atoms with Gasteiger partial charge in [0.05, 0.1) is 5.41 Å². The molecule has 0 aromatic heterocycles. The van der Waals surface area contributed by atoms with E-state index in [-0.39, 0.29) is 0 Å². The van der Waals surface area contributed by atoms with Crippen molar-refractivity contribution in [1.82, 2.24) is 0 Å². The van der Waals surface area contributed by atoms with E-state index in [0.717, 1.165) is 6.42 Å². The van der Waals surface area contributed by atoms with E-state index in [1.165, 1.54) is 51.4 Å². The zero-order valence-electron chi connectivity index (χ0n) is 12.4. The van der Waals surface area contributed by atoms with Crippen LogP contribution < -0.4 is 0 Å². The summed E-state index contributed by atoms with van der Waals surface area (Å²) in [6, 6.07) is 0. The molecule has 2 nitrogen and oxygen atoms in total. The van der Waals surface area contributed by atoms with Gasteiger partial charge in [-0.1, -0.05) is 64.0 Å². The van der Waals surface area contributed by atoms with Gasteiger partial charge in [0.2, 0.25) is 0 Å². The zero-order valence-corrected chi connectivity index (χ0v) is 12.4. The van der Waals surface area contributed by atoms with Crippen LogP contribution in [0, 0.1) is 5.41 Å². The third-order valence-electron chi connectivity index (χ3n) is 3.31. The number of carboxylic acids is 1. The van der Waals surface area contributed by atoms with E-state index in [2.05, 4.69) is 6.92 Å². The maximum absolute atomic E-state index is 10.9. The van der Waals surface area contributed by atoms with Crippen molar-refractivity contribution in [1.29, 1.82) is 0 Å². The fourth-order valence-electron chi connectivity index (χ4n) is 1.85. The molecule has 0 heterocycles. The third-order valence-corrected chi connectivity index (χ3v) is 3.31. The number of rotatable bonds is 11. The van der Waals surface area contributed by atoms with Crippen molar-refractivity contribution in [2.24, 2.45) is 5.41 Å². The van der Waals surface area contributed by atoms with Crippen molar-refractivity contribution < 1.29 is 9.90 Å². The van der Waals surface area contributed by atoms with Crippen molar-refractivity contribution >= 4 is 5.97 Å². The summed E-state index contributed by atoms with van der Waals surface area (Å²) in [4.78, 5) is 10.9. The quantitative estimate of drug-likeness (QED) is 0.407. The molecule has 0 aromatic rings. The van der Waals surface area contributed by atoms with Gasteiger partial charge in [-0.3, -0.25) is 4.79 Å². The Labute approximate surface area is 112 Å². The molecule has 0 fully saturated rings. The number of allylic oxidation sites excluding steroid dienone is 1. The van der Waals surface area contributed by atoms with Gasteiger partial charge in [0.15, 0.2) is 0 Å². The molecule has 0 unspecified atom stereocenters. The number of carboxylic acid groups (broad SMARTS) is 1. The summed E-state index contributed by atoms with van der Waals surface area (Å²) in [6.45, 7) is 5.71. The van der Waals surface area contributed by atoms with Crippen molar-refractivity contribution in [3.05, 3.63) is 12.2 Å². The van der Waals surface area contributed by atoms with Crippen LogP contribution in [0.4, 0.5) is 0 Å². The second-order valence-corrected chi connectivity index (χ2v) is 5.69. The van der Waals surface area contributed by atoms with Gasteiger partial charge in [-0.15, -0.1) is 0 Å². The SMILES string of the molecule is CCCCCCCCCCC=CC(C)(C)C(=O)O. The molecule has 2 heteroatoms. The smallest absolute Gasteiger partial charge is 0.312 e. The molecule has 0 aliphatic carbocycles. The van der Waals surface area contributed by atoms with Crippen LogP contribution in [0.2, 0.25) is 0 Å². The minimum absolute atomic E-state index is 0.722. The summed E-state index contributed by atoms with van der Waals surface area (Å²) in [5, 5.41) is 8.93. The van der Waals surface area contributed by atoms with Crippen molar-refractivity contribution in [2.75, 3.05) is 0 Å². The number of carbonyl (C=O) groups is 1. The van der Waals surface area contributed by atoms with Crippen LogP contribution in [0.3, 0.4) is 0 Å². The maximum atomic E-state index is 10.9. The van der Waals surface area contributed by atoms with Crippen LogP contribution in [0.1, 0.15) is 78.6 Å². The summed E-state index contributed by atoms with van der Waals surface area (Å²) in [5.74, 6) is -0.755. The highest BCUT2D eigenvalue weighted by Crippen LogP contribution is 2.18. The molecule has 0 aliphatic rings. The van der Waals surface area contributed by atoms with E-state index in [1.807, 2.05) is 12.2 Å². The highest BCUT2D eigenvalue weighted by atomic mass is 16.4. The average molecular weight is 254 g/mol. The molecule has 0 aromatic carbocycles. The lowest BCUT2D eigenvalue weighted by molar-refractivity contribution is -0.144. The highest BCUT2D eigenvalue weighted by molar-refractivity contribution is 5.75. The molecule has 0 radical (unpaired) electrons. The van der Waals surface area contributed by atoms with Crippen LogP contribution in [-0.2, 0) is 4.79 Å². The molecule has 0 amide bonds. The molecule has 0 aliphatic heterocycles. The summed E-state index contributed by atoms with van der Waals surface area (Å²) < 4.78 is 0. The van der Waals surface area contributed by atoms with Crippen molar-refractivity contribution in [2.45, 2.75) is 78.6 Å². The standard InChI is InChI=1S/C16H30O2/c1-4-5-6-7-8-9-10-11-12-13-14-16(2,3)15(17)18/h13-14H,4-12H2,1-3H3,(H,17,18). The molecule has 0 bridgehead atoms. The molecule has 0 spiro atoms. The largest absolute Gasteiger partial charge is 0.481 e. The first kappa shape index (κ1) is 17.2. The summed E-state index contributed by atoms with van der Waals surface area (Å²) in [5.41, 5.74) is -0.722. The number of hydrogen-bond acceptors (Lipinski definition) is 1. The lowest BCUT2D eigenvalue weighted by atomic mass is 9.93. The predicted octanol–water partition coefficient (Wildman–Crippen LogP) is 5.18. The fraction of sp³-hybridized carbons (Fsp3) is 0.812. The molecule has 0 rings (SSSR count). The Hall–Kier alpha value is -0.790. The van der Waals surface area contributed by atoms with E-state index in [0.29, 0.717) is 0 Å². The van der Waals surface area contributed by atoms with Crippen LogP contribution in [0.25, 0.3) is 0 Å². The van der Waals surface area contributed by atoms with Crippen LogP contribution in [0.15, 0.2) is 12.2 Å². The van der Waals surface area contributed by atoms with Gasteiger partial charge in [0.1, 0.15) is 0 Å². The van der Waals surface area contributed by atoms with Gasteiger partial charge in [0.25, 0.3) is 0 Å². The van der Waals surface area contributed by atoms with E-state index in [1.54, 1.807) is 13.8 Å². The van der Waals surface area contributed by atoms with Crippen LogP contribution >= 0.6 is 0 Å². The first-order valence-corrected chi connectivity index (χ1v) is 7.42. The fourth-order valence-corrected chi connectivity index (χ4v) is 1.85. The van der Waals surface area contributed by atoms with Gasteiger partial charge in [-0.05, 0) is 26.7 Å². The normalized spacial score (nSPS) is 12.2. The number of hydrogen-bond donors (Lipinski definition) is 1. The molecular weight excluding hydrogens is 224 g/mol. The topological polar surface area (TPSA) is 37.3 Å². The lowest BCUT2D eigenvalue weighted by Crippen LogP contribution is -2.20. The Balaban J connectivity index is 3.40. The van der Waals surface area contributed by atoms with E-state index in [4.69, 9.17) is 5.11 Å². The van der Waals surface area contributed by atoms with Gasteiger partial charge >= 0.3 is 5.97 Å². The zero-order chi connectivity index (χ0) is 13.9. The minimum atomic E-state index is -0.755.